The third kappa shape index (κ3) is 2.35. The smallest absolute Gasteiger partial charge is 0.315 e. The molecule has 0 amide bonds. The summed E-state index contributed by atoms with van der Waals surface area (Å²) >= 11 is 6.58. The molecule has 1 nitrogen and oxygen atoms in total. The monoisotopic (exact) mass is 125 g/mol. The summed E-state index contributed by atoms with van der Waals surface area (Å²) in [6.07, 6.45) is 1.56. The molecule has 4 heteroatoms. The van der Waals surface area contributed by atoms with Gasteiger partial charge in [-0.15, -0.1) is 17.0 Å². The normalized spacial score (nSPS) is 7.57. The number of hydrogen-bond donors (Lipinski definition) is 0. The predicted molar refractivity (Wildman–Crippen MR) is 26.0 cm³/mol. The first-order valence-electron chi connectivity index (χ1n) is 1.37. The van der Waals surface area contributed by atoms with Gasteiger partial charge in [0.25, 0.3) is 0 Å². The van der Waals surface area contributed by atoms with Crippen LogP contribution < -0.4 is 18.9 Å². The predicted octanol–water partition coefficient (Wildman–Crippen LogP) is -1.40. The SMILES string of the molecule is Clc1[c-]snc1.[Li+]. The molecule has 0 saturated carbocycles. The Morgan fingerprint density at radius 1 is 1.86 bits per heavy atom. The Hall–Kier alpha value is 0.517. The first-order chi connectivity index (χ1) is 2.89. The molecule has 32 valence electrons. The van der Waals surface area contributed by atoms with Crippen LogP contribution in [0, 0.1) is 5.38 Å². The van der Waals surface area contributed by atoms with E-state index in [9.17, 15) is 0 Å². The third-order valence-corrected chi connectivity index (χ3v) is 1.19. The fraction of sp³-hybridized carbons (Fsp3) is 0. The van der Waals surface area contributed by atoms with Crippen molar-refractivity contribution in [3.63, 3.8) is 0 Å². The van der Waals surface area contributed by atoms with Crippen molar-refractivity contribution in [1.82, 2.24) is 4.37 Å². The molecule has 0 aliphatic carbocycles. The Balaban J connectivity index is 0.000000360. The van der Waals surface area contributed by atoms with Gasteiger partial charge >= 0.3 is 18.9 Å². The first-order valence-corrected chi connectivity index (χ1v) is 2.52. The zero-order valence-electron chi connectivity index (χ0n) is 3.81. The van der Waals surface area contributed by atoms with Crippen LogP contribution in [0.4, 0.5) is 0 Å². The zero-order chi connectivity index (χ0) is 4.41. The Morgan fingerprint density at radius 2 is 2.57 bits per heavy atom. The Morgan fingerprint density at radius 3 is 2.71 bits per heavy atom. The van der Waals surface area contributed by atoms with Gasteiger partial charge in [0, 0.05) is 0 Å². The molecule has 0 atom stereocenters. The molecule has 0 N–H and O–H groups in total. The number of rotatable bonds is 0. The summed E-state index contributed by atoms with van der Waals surface area (Å²) in [4.78, 5) is 0. The van der Waals surface area contributed by atoms with E-state index in [0.29, 0.717) is 5.02 Å². The standard InChI is InChI=1S/C3HClNS.Li/c4-3-1-5-6-2-3;/h1H;/q-1;+1. The van der Waals surface area contributed by atoms with Crippen LogP contribution in [-0.4, -0.2) is 4.37 Å². The summed E-state index contributed by atoms with van der Waals surface area (Å²) < 4.78 is 3.68. The zero-order valence-corrected chi connectivity index (χ0v) is 5.38. The van der Waals surface area contributed by atoms with Gasteiger partial charge in [-0.1, -0.05) is 11.2 Å². The molecule has 0 fully saturated rings. The van der Waals surface area contributed by atoms with E-state index in [1.165, 1.54) is 11.5 Å². The molecule has 0 spiro atoms. The maximum Gasteiger partial charge on any atom is 1.00 e. The van der Waals surface area contributed by atoms with Crippen LogP contribution in [0.2, 0.25) is 5.02 Å². The summed E-state index contributed by atoms with van der Waals surface area (Å²) in [5.74, 6) is 0. The quantitative estimate of drug-likeness (QED) is 0.307. The van der Waals surface area contributed by atoms with Crippen LogP contribution in [-0.2, 0) is 0 Å². The number of hydrogen-bond acceptors (Lipinski definition) is 2. The van der Waals surface area contributed by atoms with Crippen LogP contribution in [0.1, 0.15) is 0 Å². The number of aromatic nitrogens is 1. The summed E-state index contributed by atoms with van der Waals surface area (Å²) in [5.41, 5.74) is 0. The van der Waals surface area contributed by atoms with Gasteiger partial charge < -0.3 is 4.37 Å². The van der Waals surface area contributed by atoms with Gasteiger partial charge in [-0.2, -0.15) is 11.5 Å². The van der Waals surface area contributed by atoms with Crippen molar-refractivity contribution in [3.05, 3.63) is 16.6 Å². The summed E-state index contributed by atoms with van der Waals surface area (Å²) in [6, 6.07) is 0. The molecule has 1 aromatic heterocycles. The van der Waals surface area contributed by atoms with Gasteiger partial charge in [0.05, 0.1) is 0 Å². The molecule has 0 saturated heterocycles. The minimum atomic E-state index is 0. The Labute approximate surface area is 63.0 Å². The second-order valence-electron chi connectivity index (χ2n) is 0.776. The molecular formula is C3HClLiNS. The molecule has 0 bridgehead atoms. The second-order valence-corrected chi connectivity index (χ2v) is 1.78. The molecule has 1 rings (SSSR count). The van der Waals surface area contributed by atoms with Crippen molar-refractivity contribution in [2.75, 3.05) is 0 Å². The average Bonchev–Trinajstić information content (AvgIpc) is 1.86. The Kier molecular flexibility index (Phi) is 3.77. The molecule has 1 heterocycles. The molecule has 7 heavy (non-hydrogen) atoms. The van der Waals surface area contributed by atoms with Gasteiger partial charge in [-0.3, -0.25) is 0 Å². The van der Waals surface area contributed by atoms with Crippen molar-refractivity contribution >= 4 is 23.1 Å². The van der Waals surface area contributed by atoms with Crippen molar-refractivity contribution in [2.45, 2.75) is 0 Å². The number of halogens is 1. The van der Waals surface area contributed by atoms with Gasteiger partial charge in [-0.25, -0.2) is 0 Å². The minimum Gasteiger partial charge on any atom is -0.315 e. The fourth-order valence-electron chi connectivity index (χ4n) is 0.169. The molecule has 1 aromatic rings. The fourth-order valence-corrected chi connectivity index (χ4v) is 0.730. The van der Waals surface area contributed by atoms with Gasteiger partial charge in [0.2, 0.25) is 0 Å². The summed E-state index contributed by atoms with van der Waals surface area (Å²) in [5, 5.41) is 3.29. The number of nitrogens with zero attached hydrogens (tertiary/aromatic N) is 1. The van der Waals surface area contributed by atoms with Crippen LogP contribution in [0.3, 0.4) is 0 Å². The van der Waals surface area contributed by atoms with Crippen LogP contribution in [0.15, 0.2) is 6.20 Å². The van der Waals surface area contributed by atoms with E-state index in [-0.39, 0.29) is 18.9 Å². The first kappa shape index (κ1) is 7.52. The Bertz CT molecular complexity index is 118. The van der Waals surface area contributed by atoms with E-state index in [2.05, 4.69) is 9.75 Å². The third-order valence-electron chi connectivity index (χ3n) is 0.362. The van der Waals surface area contributed by atoms with Crippen LogP contribution in [0.5, 0.6) is 0 Å². The molecular weight excluding hydrogens is 125 g/mol. The molecule has 0 aliphatic rings. The molecule has 0 aromatic carbocycles. The average molecular weight is 126 g/mol. The molecule has 0 unspecified atom stereocenters. The van der Waals surface area contributed by atoms with E-state index in [0.717, 1.165) is 0 Å². The van der Waals surface area contributed by atoms with E-state index in [1.807, 2.05) is 0 Å². The largest absolute Gasteiger partial charge is 1.00 e. The van der Waals surface area contributed by atoms with Crippen LogP contribution >= 0.6 is 23.1 Å². The maximum atomic E-state index is 5.35. The van der Waals surface area contributed by atoms with Gasteiger partial charge in [0.15, 0.2) is 0 Å². The van der Waals surface area contributed by atoms with Gasteiger partial charge in [0.1, 0.15) is 0 Å². The second kappa shape index (κ2) is 3.51. The van der Waals surface area contributed by atoms with Crippen LogP contribution in [0.25, 0.3) is 0 Å². The van der Waals surface area contributed by atoms with Gasteiger partial charge in [-0.05, 0) is 0 Å². The van der Waals surface area contributed by atoms with Crippen molar-refractivity contribution in [1.29, 1.82) is 0 Å². The summed E-state index contributed by atoms with van der Waals surface area (Å²) in [6.45, 7) is 0. The van der Waals surface area contributed by atoms with Crippen molar-refractivity contribution in [3.8, 4) is 0 Å². The molecule has 0 aliphatic heterocycles. The van der Waals surface area contributed by atoms with E-state index < -0.39 is 0 Å². The molecule has 0 radical (unpaired) electrons. The maximum absolute atomic E-state index is 5.35. The minimum absolute atomic E-state index is 0. The van der Waals surface area contributed by atoms with Crippen molar-refractivity contribution in [2.24, 2.45) is 0 Å². The topological polar surface area (TPSA) is 12.9 Å². The summed E-state index contributed by atoms with van der Waals surface area (Å²) in [7, 11) is 0. The van der Waals surface area contributed by atoms with E-state index >= 15 is 0 Å². The van der Waals surface area contributed by atoms with Crippen molar-refractivity contribution < 1.29 is 18.9 Å². The van der Waals surface area contributed by atoms with E-state index in [4.69, 9.17) is 11.6 Å². The van der Waals surface area contributed by atoms with E-state index in [1.54, 1.807) is 6.20 Å².